The second kappa shape index (κ2) is 5.53. The van der Waals surface area contributed by atoms with Gasteiger partial charge in [0.2, 0.25) is 5.95 Å². The zero-order valence-corrected chi connectivity index (χ0v) is 10.5. The number of hydrogen-bond donors (Lipinski definition) is 1. The van der Waals surface area contributed by atoms with Crippen LogP contribution in [0.25, 0.3) is 5.69 Å². The first-order valence-electron chi connectivity index (χ1n) is 6.16. The lowest BCUT2D eigenvalue weighted by molar-refractivity contribution is 0.823. The summed E-state index contributed by atoms with van der Waals surface area (Å²) < 4.78 is 2.10. The summed E-state index contributed by atoms with van der Waals surface area (Å²) >= 11 is 0. The molecule has 0 saturated carbocycles. The maximum atomic E-state index is 4.51. The van der Waals surface area contributed by atoms with E-state index in [1.165, 1.54) is 12.8 Å². The molecule has 0 amide bonds. The Labute approximate surface area is 103 Å². The molecule has 0 fully saturated rings. The van der Waals surface area contributed by atoms with Crippen molar-refractivity contribution in [2.45, 2.75) is 26.7 Å². The Morgan fingerprint density at radius 2 is 2.00 bits per heavy atom. The van der Waals surface area contributed by atoms with Crippen molar-refractivity contribution in [1.82, 2.24) is 9.55 Å². The number of rotatable bonds is 5. The van der Waals surface area contributed by atoms with Gasteiger partial charge in [0.25, 0.3) is 0 Å². The molecule has 1 aromatic carbocycles. The number of nitrogens with one attached hydrogen (secondary N) is 1. The summed E-state index contributed by atoms with van der Waals surface area (Å²) in [6.45, 7) is 5.18. The van der Waals surface area contributed by atoms with Crippen molar-refractivity contribution >= 4 is 5.95 Å². The van der Waals surface area contributed by atoms with Crippen LogP contribution in [-0.2, 0) is 0 Å². The van der Waals surface area contributed by atoms with E-state index in [1.807, 2.05) is 25.1 Å². The van der Waals surface area contributed by atoms with Crippen LogP contribution in [0.3, 0.4) is 0 Å². The molecule has 0 unspecified atom stereocenters. The average Bonchev–Trinajstić information content (AvgIpc) is 2.72. The molecule has 90 valence electrons. The third-order valence-electron chi connectivity index (χ3n) is 2.67. The highest BCUT2D eigenvalue weighted by Gasteiger charge is 2.05. The van der Waals surface area contributed by atoms with Gasteiger partial charge in [-0.25, -0.2) is 4.98 Å². The maximum absolute atomic E-state index is 4.51. The highest BCUT2D eigenvalue weighted by Crippen LogP contribution is 2.16. The topological polar surface area (TPSA) is 29.9 Å². The molecule has 0 aliphatic carbocycles. The lowest BCUT2D eigenvalue weighted by Crippen LogP contribution is -2.07. The van der Waals surface area contributed by atoms with E-state index in [4.69, 9.17) is 0 Å². The van der Waals surface area contributed by atoms with Crippen LogP contribution in [0.15, 0.2) is 36.5 Å². The molecule has 1 aromatic heterocycles. The number of anilines is 1. The maximum Gasteiger partial charge on any atom is 0.207 e. The quantitative estimate of drug-likeness (QED) is 0.796. The zero-order chi connectivity index (χ0) is 12.1. The summed E-state index contributed by atoms with van der Waals surface area (Å²) in [6.07, 6.45) is 4.42. The van der Waals surface area contributed by atoms with Crippen LogP contribution in [0.2, 0.25) is 0 Å². The standard InChI is InChI=1S/C14H19N3/c1-3-4-10-15-14-16-12(2)11-17(14)13-8-6-5-7-9-13/h5-9,11H,3-4,10H2,1-2H3,(H,15,16). The van der Waals surface area contributed by atoms with Crippen molar-refractivity contribution < 1.29 is 0 Å². The SMILES string of the molecule is CCCCNc1nc(C)cn1-c1ccccc1. The third-order valence-corrected chi connectivity index (χ3v) is 2.67. The summed E-state index contributed by atoms with van der Waals surface area (Å²) in [6, 6.07) is 10.3. The fourth-order valence-electron chi connectivity index (χ4n) is 1.78. The van der Waals surface area contributed by atoms with Crippen LogP contribution in [0.4, 0.5) is 5.95 Å². The van der Waals surface area contributed by atoms with Gasteiger partial charge in [0.15, 0.2) is 0 Å². The van der Waals surface area contributed by atoms with E-state index in [-0.39, 0.29) is 0 Å². The molecule has 0 aliphatic rings. The molecule has 3 heteroatoms. The molecule has 3 nitrogen and oxygen atoms in total. The van der Waals surface area contributed by atoms with Crippen LogP contribution < -0.4 is 5.32 Å². The first kappa shape index (κ1) is 11.7. The van der Waals surface area contributed by atoms with E-state index in [1.54, 1.807) is 0 Å². The molecule has 1 N–H and O–H groups in total. The Morgan fingerprint density at radius 3 is 2.71 bits per heavy atom. The summed E-state index contributed by atoms with van der Waals surface area (Å²) in [7, 11) is 0. The Morgan fingerprint density at radius 1 is 1.24 bits per heavy atom. The second-order valence-corrected chi connectivity index (χ2v) is 4.19. The zero-order valence-electron chi connectivity index (χ0n) is 10.5. The van der Waals surface area contributed by atoms with Gasteiger partial charge in [-0.15, -0.1) is 0 Å². The molecule has 0 aliphatic heterocycles. The number of imidazole rings is 1. The van der Waals surface area contributed by atoms with Gasteiger partial charge in [-0.1, -0.05) is 31.5 Å². The van der Waals surface area contributed by atoms with Crippen LogP contribution in [-0.4, -0.2) is 16.1 Å². The predicted molar refractivity (Wildman–Crippen MR) is 71.7 cm³/mol. The molecule has 1 heterocycles. The summed E-state index contributed by atoms with van der Waals surface area (Å²) in [5, 5.41) is 3.39. The van der Waals surface area contributed by atoms with E-state index in [9.17, 15) is 0 Å². The first-order chi connectivity index (χ1) is 8.31. The van der Waals surface area contributed by atoms with Gasteiger partial charge in [-0.05, 0) is 25.5 Å². The number of unbranched alkanes of at least 4 members (excludes halogenated alkanes) is 1. The van der Waals surface area contributed by atoms with E-state index in [0.29, 0.717) is 0 Å². The normalized spacial score (nSPS) is 10.5. The van der Waals surface area contributed by atoms with Gasteiger partial charge in [-0.3, -0.25) is 4.57 Å². The lowest BCUT2D eigenvalue weighted by Gasteiger charge is -2.08. The summed E-state index contributed by atoms with van der Waals surface area (Å²) in [5.74, 6) is 0.933. The smallest absolute Gasteiger partial charge is 0.207 e. The first-order valence-corrected chi connectivity index (χ1v) is 6.16. The van der Waals surface area contributed by atoms with Crippen molar-refractivity contribution in [3.05, 3.63) is 42.2 Å². The van der Waals surface area contributed by atoms with Gasteiger partial charge in [0.05, 0.1) is 5.69 Å². The van der Waals surface area contributed by atoms with Crippen LogP contribution >= 0.6 is 0 Å². The van der Waals surface area contributed by atoms with Crippen molar-refractivity contribution in [1.29, 1.82) is 0 Å². The van der Waals surface area contributed by atoms with E-state index >= 15 is 0 Å². The monoisotopic (exact) mass is 229 g/mol. The highest BCUT2D eigenvalue weighted by atomic mass is 15.2. The van der Waals surface area contributed by atoms with Crippen molar-refractivity contribution in [3.63, 3.8) is 0 Å². The fourth-order valence-corrected chi connectivity index (χ4v) is 1.78. The number of nitrogens with zero attached hydrogens (tertiary/aromatic N) is 2. The van der Waals surface area contributed by atoms with Gasteiger partial charge < -0.3 is 5.32 Å². The van der Waals surface area contributed by atoms with Crippen molar-refractivity contribution in [2.24, 2.45) is 0 Å². The Bertz CT molecular complexity index is 460. The highest BCUT2D eigenvalue weighted by molar-refractivity contribution is 5.42. The average molecular weight is 229 g/mol. The van der Waals surface area contributed by atoms with Gasteiger partial charge in [0, 0.05) is 18.4 Å². The molecule has 0 spiro atoms. The Hall–Kier alpha value is -1.77. The molecule has 0 bridgehead atoms. The van der Waals surface area contributed by atoms with Crippen molar-refractivity contribution in [3.8, 4) is 5.69 Å². The third kappa shape index (κ3) is 2.87. The second-order valence-electron chi connectivity index (χ2n) is 4.19. The van der Waals surface area contributed by atoms with Gasteiger partial charge in [-0.2, -0.15) is 0 Å². The number of aryl methyl sites for hydroxylation is 1. The minimum Gasteiger partial charge on any atom is -0.355 e. The van der Waals surface area contributed by atoms with E-state index in [2.05, 4.69) is 40.1 Å². The molecule has 2 rings (SSSR count). The van der Waals surface area contributed by atoms with Crippen LogP contribution in [0.1, 0.15) is 25.5 Å². The molecule has 0 atom stereocenters. The fraction of sp³-hybridized carbons (Fsp3) is 0.357. The van der Waals surface area contributed by atoms with Gasteiger partial charge in [0.1, 0.15) is 0 Å². The van der Waals surface area contributed by atoms with E-state index in [0.717, 1.165) is 23.9 Å². The number of para-hydroxylation sites is 1. The van der Waals surface area contributed by atoms with E-state index < -0.39 is 0 Å². The Balaban J connectivity index is 2.22. The number of hydrogen-bond acceptors (Lipinski definition) is 2. The van der Waals surface area contributed by atoms with Crippen LogP contribution in [0.5, 0.6) is 0 Å². The van der Waals surface area contributed by atoms with Crippen LogP contribution in [0, 0.1) is 6.92 Å². The molecule has 0 saturated heterocycles. The van der Waals surface area contributed by atoms with Gasteiger partial charge >= 0.3 is 0 Å². The summed E-state index contributed by atoms with van der Waals surface area (Å²) in [4.78, 5) is 4.51. The minimum absolute atomic E-state index is 0.933. The predicted octanol–water partition coefficient (Wildman–Crippen LogP) is 3.39. The molecule has 17 heavy (non-hydrogen) atoms. The molecular weight excluding hydrogens is 210 g/mol. The molecule has 2 aromatic rings. The largest absolute Gasteiger partial charge is 0.355 e. The summed E-state index contributed by atoms with van der Waals surface area (Å²) in [5.41, 5.74) is 2.18. The number of benzene rings is 1. The Kier molecular flexibility index (Phi) is 3.81. The minimum atomic E-state index is 0.933. The van der Waals surface area contributed by atoms with Crippen molar-refractivity contribution in [2.75, 3.05) is 11.9 Å². The molecule has 0 radical (unpaired) electrons. The lowest BCUT2D eigenvalue weighted by atomic mass is 10.3. The number of aromatic nitrogens is 2. The molecular formula is C14H19N3.